The summed E-state index contributed by atoms with van der Waals surface area (Å²) in [7, 11) is 2.18. The molecule has 0 radical (unpaired) electrons. The maximum absolute atomic E-state index is 14.9. The van der Waals surface area contributed by atoms with Crippen molar-refractivity contribution in [3.05, 3.63) is 71.7 Å². The Labute approximate surface area is 294 Å². The number of hydrogen-bond donors (Lipinski definition) is 5. The molecule has 0 bridgehead atoms. The van der Waals surface area contributed by atoms with E-state index in [4.69, 9.17) is 0 Å². The van der Waals surface area contributed by atoms with Gasteiger partial charge in [0.1, 0.15) is 0 Å². The highest BCUT2D eigenvalue weighted by Gasteiger charge is 2.24. The van der Waals surface area contributed by atoms with Crippen molar-refractivity contribution < 1.29 is 36.8 Å². The van der Waals surface area contributed by atoms with Crippen LogP contribution in [0.25, 0.3) is 16.9 Å². The Balaban J connectivity index is 1.20. The molecule has 15 heteroatoms. The molecule has 2 amide bonds. The van der Waals surface area contributed by atoms with E-state index in [0.29, 0.717) is 41.6 Å². The molecule has 3 atom stereocenters. The van der Waals surface area contributed by atoms with Gasteiger partial charge in [0.2, 0.25) is 11.7 Å². The van der Waals surface area contributed by atoms with Crippen LogP contribution in [-0.2, 0) is 11.2 Å². The minimum atomic E-state index is -3.30. The molecule has 0 saturated carbocycles. The van der Waals surface area contributed by atoms with Crippen molar-refractivity contribution in [1.82, 2.24) is 30.3 Å². The fourth-order valence-electron chi connectivity index (χ4n) is 6.22. The first-order chi connectivity index (χ1) is 24.5. The van der Waals surface area contributed by atoms with Crippen molar-refractivity contribution in [3.8, 4) is 17.0 Å². The first-order valence-electron chi connectivity index (χ1n) is 17.2. The second-order valence-corrected chi connectivity index (χ2v) is 13.0. The Morgan fingerprint density at radius 2 is 1.90 bits per heavy atom. The smallest absolute Gasteiger partial charge is 0.387 e. The zero-order valence-electron chi connectivity index (χ0n) is 29.2. The van der Waals surface area contributed by atoms with Gasteiger partial charge in [0.15, 0.2) is 23.0 Å². The van der Waals surface area contributed by atoms with E-state index >= 15 is 0 Å². The Kier molecular flexibility index (Phi) is 12.5. The van der Waals surface area contributed by atoms with Crippen LogP contribution in [-0.4, -0.2) is 78.6 Å². The Bertz CT molecular complexity index is 1830. The number of carbonyl (C=O) groups excluding carboxylic acids is 2. The topological polar surface area (TPSA) is 126 Å². The van der Waals surface area contributed by atoms with Crippen molar-refractivity contribution in [1.29, 1.82) is 0 Å². The van der Waals surface area contributed by atoms with Crippen molar-refractivity contribution in [2.24, 2.45) is 11.8 Å². The van der Waals surface area contributed by atoms with E-state index < -0.39 is 24.0 Å². The van der Waals surface area contributed by atoms with E-state index in [1.807, 2.05) is 26.8 Å². The van der Waals surface area contributed by atoms with Gasteiger partial charge < -0.3 is 30.9 Å². The molecule has 5 rings (SSSR count). The van der Waals surface area contributed by atoms with Gasteiger partial charge in [-0.25, -0.2) is 14.4 Å². The van der Waals surface area contributed by atoms with Crippen LogP contribution in [0.5, 0.6) is 5.75 Å². The number of quaternary nitrogens is 1. The normalized spacial score (nSPS) is 14.9. The van der Waals surface area contributed by atoms with Crippen LogP contribution >= 0.6 is 0 Å². The highest BCUT2D eigenvalue weighted by atomic mass is 19.3. The van der Waals surface area contributed by atoms with E-state index in [-0.39, 0.29) is 35.0 Å². The number of fused-ring (bicyclic) bond motifs is 1. The van der Waals surface area contributed by atoms with Crippen LogP contribution < -0.4 is 30.9 Å². The quantitative estimate of drug-likeness (QED) is 0.105. The molecule has 3 unspecified atom stereocenters. The molecular weight excluding hydrogens is 668 g/mol. The molecular formula is C36H45F4N8O3+. The average molecular weight is 714 g/mol. The molecule has 2 aromatic heterocycles. The van der Waals surface area contributed by atoms with Gasteiger partial charge in [-0.15, -0.1) is 0 Å². The number of aryl methyl sites for hydroxylation is 1. The van der Waals surface area contributed by atoms with Gasteiger partial charge in [-0.3, -0.25) is 14.0 Å². The average Bonchev–Trinajstić information content (AvgIpc) is 3.52. The number of halogens is 4. The summed E-state index contributed by atoms with van der Waals surface area (Å²) >= 11 is 0. The summed E-state index contributed by atoms with van der Waals surface area (Å²) in [6, 6.07) is 7.00. The van der Waals surface area contributed by atoms with E-state index in [1.165, 1.54) is 27.9 Å². The molecule has 11 nitrogen and oxygen atoms in total. The number of hydrogen-bond acceptors (Lipinski definition) is 7. The zero-order chi connectivity index (χ0) is 36.7. The van der Waals surface area contributed by atoms with Crippen molar-refractivity contribution >= 4 is 29.0 Å². The largest absolute Gasteiger partial charge is 0.432 e. The zero-order valence-corrected chi connectivity index (χ0v) is 29.2. The van der Waals surface area contributed by atoms with Crippen molar-refractivity contribution in [3.63, 3.8) is 0 Å². The highest BCUT2D eigenvalue weighted by Crippen LogP contribution is 2.32. The summed E-state index contributed by atoms with van der Waals surface area (Å²) in [5, 5.41) is 12.5. The van der Waals surface area contributed by atoms with Crippen LogP contribution in [0.15, 0.2) is 48.9 Å². The standard InChI is InChI=1S/C36H44F4N8O3/c1-5-23(11-13-47(4)20-22-17-41-18-22)34(49)44-16-21(3)45-35(50)26-8-7-25(15-24(26)6-2)46-32-33-43-19-28(48(33)14-12-42-32)27-9-10-29(51-36(39)40)31(38)30(27)37/h7-10,12,14-15,19,21-23,36,41H,5-6,11,13,16-18,20H2,1-4H3,(H,42,46)(H,44,49)(H,45,50)/p+1. The third-order valence-electron chi connectivity index (χ3n) is 9.21. The lowest BCUT2D eigenvalue weighted by Crippen LogP contribution is -3.10. The number of ether oxygens (including phenoxy) is 1. The Morgan fingerprint density at radius 1 is 1.12 bits per heavy atom. The summed E-state index contributed by atoms with van der Waals surface area (Å²) in [6.07, 6.45) is 6.40. The van der Waals surface area contributed by atoms with E-state index in [2.05, 4.69) is 43.0 Å². The van der Waals surface area contributed by atoms with Crippen LogP contribution in [0.2, 0.25) is 0 Å². The molecule has 0 aliphatic carbocycles. The number of benzene rings is 2. The first kappa shape index (κ1) is 37.5. The third kappa shape index (κ3) is 9.13. The molecule has 4 aromatic rings. The fourth-order valence-corrected chi connectivity index (χ4v) is 6.22. The monoisotopic (exact) mass is 713 g/mol. The number of aromatic nitrogens is 3. The number of amides is 2. The number of carbonyl (C=O) groups is 2. The van der Waals surface area contributed by atoms with Gasteiger partial charge >= 0.3 is 6.61 Å². The highest BCUT2D eigenvalue weighted by molar-refractivity contribution is 5.96. The van der Waals surface area contributed by atoms with Gasteiger partial charge in [0, 0.05) is 73.1 Å². The maximum atomic E-state index is 14.9. The second kappa shape index (κ2) is 17.0. The van der Waals surface area contributed by atoms with E-state index in [0.717, 1.165) is 56.7 Å². The minimum absolute atomic E-state index is 0.00396. The van der Waals surface area contributed by atoms with E-state index in [9.17, 15) is 27.2 Å². The number of imidazole rings is 1. The summed E-state index contributed by atoms with van der Waals surface area (Å²) in [5.41, 5.74) is 2.12. The predicted octanol–water partition coefficient (Wildman–Crippen LogP) is 3.97. The molecule has 51 heavy (non-hydrogen) atoms. The van der Waals surface area contributed by atoms with Crippen molar-refractivity contribution in [2.45, 2.75) is 52.7 Å². The van der Waals surface area contributed by atoms with Gasteiger partial charge in [-0.2, -0.15) is 13.2 Å². The molecule has 5 N–H and O–H groups in total. The second-order valence-electron chi connectivity index (χ2n) is 13.0. The maximum Gasteiger partial charge on any atom is 0.387 e. The molecule has 274 valence electrons. The lowest BCUT2D eigenvalue weighted by atomic mass is 9.99. The summed E-state index contributed by atoms with van der Waals surface area (Å²) in [4.78, 5) is 36.3. The summed E-state index contributed by atoms with van der Waals surface area (Å²) in [5.74, 6) is -3.11. The Morgan fingerprint density at radius 3 is 2.59 bits per heavy atom. The van der Waals surface area contributed by atoms with Crippen LogP contribution in [0.3, 0.4) is 0 Å². The fraction of sp³-hybridized carbons (Fsp3) is 0.444. The molecule has 1 aliphatic rings. The molecule has 1 saturated heterocycles. The van der Waals surface area contributed by atoms with Gasteiger partial charge in [-0.1, -0.05) is 13.8 Å². The van der Waals surface area contributed by atoms with Gasteiger partial charge in [0.05, 0.1) is 32.0 Å². The molecule has 1 fully saturated rings. The molecule has 1 aliphatic heterocycles. The lowest BCUT2D eigenvalue weighted by Gasteiger charge is -2.29. The summed E-state index contributed by atoms with van der Waals surface area (Å²) < 4.78 is 60.1. The van der Waals surface area contributed by atoms with Crippen LogP contribution in [0, 0.1) is 23.5 Å². The Hall–Kier alpha value is -4.76. The minimum Gasteiger partial charge on any atom is -0.432 e. The lowest BCUT2D eigenvalue weighted by molar-refractivity contribution is -0.884. The van der Waals surface area contributed by atoms with Gasteiger partial charge in [0.25, 0.3) is 5.91 Å². The SMILES string of the molecule is CCc1cc(Nc2nccn3c(-c4ccc(OC(F)F)c(F)c4F)cnc23)ccc1C(=O)NC(C)CNC(=O)C(CC)CC[NH+](C)CC1CNC1. The number of nitrogens with one attached hydrogen (secondary N) is 5. The van der Waals surface area contributed by atoms with Crippen LogP contribution in [0.1, 0.15) is 49.5 Å². The third-order valence-corrected chi connectivity index (χ3v) is 9.21. The molecule has 3 heterocycles. The predicted molar refractivity (Wildman–Crippen MR) is 185 cm³/mol. The molecule has 2 aromatic carbocycles. The van der Waals surface area contributed by atoms with Gasteiger partial charge in [-0.05, 0) is 55.7 Å². The molecule has 0 spiro atoms. The number of rotatable bonds is 17. The number of nitrogens with zero attached hydrogens (tertiary/aromatic N) is 3. The summed E-state index contributed by atoms with van der Waals surface area (Å²) in [6.45, 7) is 6.99. The number of alkyl halides is 2. The number of anilines is 2. The van der Waals surface area contributed by atoms with E-state index in [1.54, 1.807) is 12.1 Å². The first-order valence-corrected chi connectivity index (χ1v) is 17.2. The van der Waals surface area contributed by atoms with Crippen LogP contribution in [0.4, 0.5) is 29.1 Å². The van der Waals surface area contributed by atoms with Crippen molar-refractivity contribution in [2.75, 3.05) is 45.1 Å².